The van der Waals surface area contributed by atoms with E-state index in [0.29, 0.717) is 10.8 Å². The summed E-state index contributed by atoms with van der Waals surface area (Å²) in [6.45, 7) is 6.38. The van der Waals surface area contributed by atoms with Crippen LogP contribution in [0.2, 0.25) is 0 Å². The van der Waals surface area contributed by atoms with Crippen LogP contribution in [0.4, 0.5) is 0 Å². The Hall–Kier alpha value is -0.460. The molecule has 5 atom stereocenters. The van der Waals surface area contributed by atoms with E-state index in [1.807, 2.05) is 0 Å². The van der Waals surface area contributed by atoms with Crippen molar-refractivity contribution in [1.29, 1.82) is 0 Å². The van der Waals surface area contributed by atoms with E-state index < -0.39 is 0 Å². The molecule has 1 heterocycles. The van der Waals surface area contributed by atoms with Gasteiger partial charge in [0.2, 0.25) is 0 Å². The van der Waals surface area contributed by atoms with Crippen LogP contribution in [-0.2, 0) is 0 Å². The number of nitrogens with one attached hydrogen (secondary N) is 1. The molecule has 106 valence electrons. The molecule has 19 heavy (non-hydrogen) atoms. The van der Waals surface area contributed by atoms with Crippen LogP contribution in [0.5, 0.6) is 0 Å². The van der Waals surface area contributed by atoms with Crippen molar-refractivity contribution in [3.05, 3.63) is 11.8 Å². The Morgan fingerprint density at radius 2 is 1.95 bits per heavy atom. The lowest BCUT2D eigenvalue weighted by molar-refractivity contribution is -0.0262. The normalized spacial score (nSPS) is 52.5. The zero-order chi connectivity index (χ0) is 13.1. The van der Waals surface area contributed by atoms with Gasteiger partial charge >= 0.3 is 0 Å². The number of hydrogen-bond acceptors (Lipinski definition) is 1. The summed E-state index contributed by atoms with van der Waals surface area (Å²) in [6.07, 6.45) is 14.3. The molecule has 0 aromatic carbocycles. The molecule has 2 saturated carbocycles. The molecule has 0 radical (unpaired) electrons. The fourth-order valence-electron chi connectivity index (χ4n) is 6.36. The molecule has 0 spiro atoms. The highest BCUT2D eigenvalue weighted by Gasteiger charge is 2.55. The van der Waals surface area contributed by atoms with E-state index in [4.69, 9.17) is 0 Å². The van der Waals surface area contributed by atoms with Crippen molar-refractivity contribution in [2.75, 3.05) is 6.54 Å². The van der Waals surface area contributed by atoms with Crippen LogP contribution >= 0.6 is 0 Å². The molecular weight excluding hydrogens is 230 g/mol. The minimum Gasteiger partial charge on any atom is -0.388 e. The number of rotatable bonds is 0. The lowest BCUT2D eigenvalue weighted by Gasteiger charge is -2.56. The second-order valence-corrected chi connectivity index (χ2v) is 8.26. The van der Waals surface area contributed by atoms with Gasteiger partial charge in [0.25, 0.3) is 0 Å². The molecule has 4 rings (SSSR count). The van der Waals surface area contributed by atoms with Crippen molar-refractivity contribution in [3.63, 3.8) is 0 Å². The van der Waals surface area contributed by atoms with E-state index >= 15 is 0 Å². The molecule has 1 N–H and O–H groups in total. The largest absolute Gasteiger partial charge is 0.388 e. The molecule has 1 aliphatic heterocycles. The Labute approximate surface area is 118 Å². The van der Waals surface area contributed by atoms with Crippen LogP contribution < -0.4 is 5.32 Å². The highest BCUT2D eigenvalue weighted by Crippen LogP contribution is 2.63. The number of hydrogen-bond donors (Lipinski definition) is 1. The van der Waals surface area contributed by atoms with Gasteiger partial charge in [0, 0.05) is 17.7 Å². The standard InChI is InChI=1S/C18H29N/c1-17-9-3-5-14(17)13-6-7-16-18(2,10-4-12-19-16)15(13)8-11-17/h7,13-15,19H,3-6,8-12H2,1-2H3/t13-,14-,15+,17-,18+/m0/s1. The van der Waals surface area contributed by atoms with Gasteiger partial charge in [0.05, 0.1) is 0 Å². The van der Waals surface area contributed by atoms with Crippen LogP contribution in [0.3, 0.4) is 0 Å². The van der Waals surface area contributed by atoms with E-state index in [0.717, 1.165) is 17.8 Å². The summed E-state index contributed by atoms with van der Waals surface area (Å²) in [7, 11) is 0. The molecule has 4 aliphatic rings. The topological polar surface area (TPSA) is 12.0 Å². The molecule has 3 fully saturated rings. The minimum absolute atomic E-state index is 0.491. The summed E-state index contributed by atoms with van der Waals surface area (Å²) < 4.78 is 0. The van der Waals surface area contributed by atoms with Crippen molar-refractivity contribution in [1.82, 2.24) is 5.32 Å². The maximum atomic E-state index is 3.72. The van der Waals surface area contributed by atoms with Gasteiger partial charge in [0.15, 0.2) is 0 Å². The Kier molecular flexibility index (Phi) is 2.60. The summed E-state index contributed by atoms with van der Waals surface area (Å²) in [5, 5.41) is 3.72. The van der Waals surface area contributed by atoms with Gasteiger partial charge in [-0.05, 0) is 68.1 Å². The second kappa shape index (κ2) is 4.02. The van der Waals surface area contributed by atoms with Gasteiger partial charge in [-0.15, -0.1) is 0 Å². The lowest BCUT2D eigenvalue weighted by Crippen LogP contribution is -2.51. The van der Waals surface area contributed by atoms with Crippen LogP contribution in [0.1, 0.15) is 65.2 Å². The summed E-state index contributed by atoms with van der Waals surface area (Å²) >= 11 is 0. The monoisotopic (exact) mass is 259 g/mol. The SMILES string of the molecule is C[C@@]12CCC[C@H]1[C@@H]1CC=C3NCCC[C@]3(C)[C@@H]1CC2. The summed E-state index contributed by atoms with van der Waals surface area (Å²) in [6, 6.07) is 0. The molecule has 1 saturated heterocycles. The van der Waals surface area contributed by atoms with Gasteiger partial charge in [-0.2, -0.15) is 0 Å². The third-order valence-electron chi connectivity index (χ3n) is 7.43. The van der Waals surface area contributed by atoms with Gasteiger partial charge in [0.1, 0.15) is 0 Å². The quantitative estimate of drug-likeness (QED) is 0.675. The smallest absolute Gasteiger partial charge is 0.0144 e. The Morgan fingerprint density at radius 1 is 1.05 bits per heavy atom. The third kappa shape index (κ3) is 1.59. The first-order valence-corrected chi connectivity index (χ1v) is 8.58. The molecule has 0 bridgehead atoms. The van der Waals surface area contributed by atoms with Crippen LogP contribution in [-0.4, -0.2) is 6.54 Å². The van der Waals surface area contributed by atoms with Gasteiger partial charge in [-0.1, -0.05) is 26.3 Å². The average Bonchev–Trinajstić information content (AvgIpc) is 2.79. The maximum Gasteiger partial charge on any atom is 0.0144 e. The van der Waals surface area contributed by atoms with Gasteiger partial charge in [-0.3, -0.25) is 0 Å². The van der Waals surface area contributed by atoms with Gasteiger partial charge in [-0.25, -0.2) is 0 Å². The number of allylic oxidation sites excluding steroid dienone is 2. The average molecular weight is 259 g/mol. The fourth-order valence-corrected chi connectivity index (χ4v) is 6.36. The van der Waals surface area contributed by atoms with E-state index in [-0.39, 0.29) is 0 Å². The summed E-state index contributed by atoms with van der Waals surface area (Å²) in [4.78, 5) is 0. The van der Waals surface area contributed by atoms with Crippen LogP contribution in [0.15, 0.2) is 11.8 Å². The zero-order valence-corrected chi connectivity index (χ0v) is 12.7. The summed E-state index contributed by atoms with van der Waals surface area (Å²) in [5.74, 6) is 2.99. The van der Waals surface area contributed by atoms with Crippen LogP contribution in [0.25, 0.3) is 0 Å². The fraction of sp³-hybridized carbons (Fsp3) is 0.889. The van der Waals surface area contributed by atoms with Crippen molar-refractivity contribution in [2.24, 2.45) is 28.6 Å². The number of fused-ring (bicyclic) bond motifs is 5. The Balaban J connectivity index is 1.70. The Morgan fingerprint density at radius 3 is 2.84 bits per heavy atom. The first kappa shape index (κ1) is 12.3. The highest BCUT2D eigenvalue weighted by atomic mass is 14.9. The van der Waals surface area contributed by atoms with Crippen molar-refractivity contribution < 1.29 is 0 Å². The molecule has 1 nitrogen and oxygen atoms in total. The predicted molar refractivity (Wildman–Crippen MR) is 79.7 cm³/mol. The molecule has 0 unspecified atom stereocenters. The van der Waals surface area contributed by atoms with Crippen molar-refractivity contribution in [3.8, 4) is 0 Å². The van der Waals surface area contributed by atoms with E-state index in [1.165, 1.54) is 57.9 Å². The number of piperidine rings is 1. The van der Waals surface area contributed by atoms with Crippen molar-refractivity contribution >= 4 is 0 Å². The second-order valence-electron chi connectivity index (χ2n) is 8.26. The maximum absolute atomic E-state index is 3.72. The Bertz CT molecular complexity index is 412. The first-order chi connectivity index (χ1) is 9.13. The van der Waals surface area contributed by atoms with Crippen LogP contribution in [0, 0.1) is 28.6 Å². The lowest BCUT2D eigenvalue weighted by atomic mass is 9.50. The molecular formula is C18H29N. The molecule has 1 heteroatoms. The predicted octanol–water partition coefficient (Wildman–Crippen LogP) is 4.50. The summed E-state index contributed by atoms with van der Waals surface area (Å²) in [5.41, 5.74) is 2.80. The minimum atomic E-state index is 0.491. The van der Waals surface area contributed by atoms with Gasteiger partial charge < -0.3 is 5.32 Å². The third-order valence-corrected chi connectivity index (χ3v) is 7.43. The zero-order valence-electron chi connectivity index (χ0n) is 12.7. The van der Waals surface area contributed by atoms with E-state index in [2.05, 4.69) is 25.2 Å². The first-order valence-electron chi connectivity index (χ1n) is 8.58. The highest BCUT2D eigenvalue weighted by molar-refractivity contribution is 5.22. The van der Waals surface area contributed by atoms with Crippen molar-refractivity contribution in [2.45, 2.75) is 65.2 Å². The molecule has 0 amide bonds. The van der Waals surface area contributed by atoms with E-state index in [9.17, 15) is 0 Å². The molecule has 0 aromatic rings. The molecule has 3 aliphatic carbocycles. The van der Waals surface area contributed by atoms with E-state index in [1.54, 1.807) is 5.70 Å². The molecule has 0 aromatic heterocycles.